The molecule has 1 amide bonds. The lowest BCUT2D eigenvalue weighted by Crippen LogP contribution is -2.56. The molecule has 13 heavy (non-hydrogen) atoms. The molecule has 0 spiro atoms. The summed E-state index contributed by atoms with van der Waals surface area (Å²) in [6.45, 7) is 6.60. The molecule has 0 atom stereocenters. The molecule has 0 heterocycles. The van der Waals surface area contributed by atoms with Crippen molar-refractivity contribution in [2.45, 2.75) is 38.8 Å². The van der Waals surface area contributed by atoms with Gasteiger partial charge < -0.3 is 16.2 Å². The minimum Gasteiger partial charge on any atom is -0.394 e. The van der Waals surface area contributed by atoms with Crippen LogP contribution in [0.1, 0.15) is 27.7 Å². The van der Waals surface area contributed by atoms with Crippen molar-refractivity contribution in [2.24, 2.45) is 5.73 Å². The summed E-state index contributed by atoms with van der Waals surface area (Å²) < 4.78 is 0. The Bertz CT molecular complexity index is 175. The van der Waals surface area contributed by atoms with Crippen molar-refractivity contribution in [2.75, 3.05) is 6.61 Å². The average molecular weight is 211 g/mol. The third-order valence-corrected chi connectivity index (χ3v) is 1.43. The van der Waals surface area contributed by atoms with Gasteiger partial charge in [0.2, 0.25) is 5.91 Å². The highest BCUT2D eigenvalue weighted by Gasteiger charge is 2.27. The Labute approximate surface area is 85.3 Å². The molecule has 0 bridgehead atoms. The molecule has 0 aliphatic heterocycles. The van der Waals surface area contributed by atoms with Crippen LogP contribution in [0.3, 0.4) is 0 Å². The zero-order valence-electron chi connectivity index (χ0n) is 8.55. The van der Waals surface area contributed by atoms with E-state index in [1.54, 1.807) is 27.7 Å². The second-order valence-corrected chi connectivity index (χ2v) is 4.22. The fourth-order valence-corrected chi connectivity index (χ4v) is 0.508. The number of rotatable bonds is 3. The number of nitrogens with one attached hydrogen (secondary N) is 1. The van der Waals surface area contributed by atoms with Gasteiger partial charge in [0.1, 0.15) is 0 Å². The molecule has 0 aromatic rings. The third kappa shape index (κ3) is 5.85. The predicted octanol–water partition coefficient (Wildman–Crippen LogP) is 0.0326. The topological polar surface area (TPSA) is 75.3 Å². The van der Waals surface area contributed by atoms with Crippen LogP contribution >= 0.6 is 12.4 Å². The second-order valence-electron chi connectivity index (χ2n) is 4.22. The molecule has 0 aromatic carbocycles. The number of halogens is 1. The van der Waals surface area contributed by atoms with Crippen molar-refractivity contribution >= 4 is 18.3 Å². The van der Waals surface area contributed by atoms with E-state index in [2.05, 4.69) is 5.32 Å². The molecule has 0 aromatic heterocycles. The van der Waals surface area contributed by atoms with E-state index < -0.39 is 11.1 Å². The van der Waals surface area contributed by atoms with Crippen LogP contribution in [0.5, 0.6) is 0 Å². The predicted molar refractivity (Wildman–Crippen MR) is 54.8 cm³/mol. The Hall–Kier alpha value is -0.320. The van der Waals surface area contributed by atoms with Gasteiger partial charge >= 0.3 is 0 Å². The van der Waals surface area contributed by atoms with Gasteiger partial charge in [-0.2, -0.15) is 0 Å². The molecule has 0 saturated carbocycles. The van der Waals surface area contributed by atoms with Crippen molar-refractivity contribution < 1.29 is 9.90 Å². The Morgan fingerprint density at radius 1 is 1.38 bits per heavy atom. The molecule has 5 heteroatoms. The smallest absolute Gasteiger partial charge is 0.239 e. The van der Waals surface area contributed by atoms with Crippen LogP contribution in [0.15, 0.2) is 0 Å². The van der Waals surface area contributed by atoms with Crippen LogP contribution in [-0.2, 0) is 4.79 Å². The lowest BCUT2D eigenvalue weighted by atomic mass is 10.0. The van der Waals surface area contributed by atoms with E-state index in [-0.39, 0.29) is 24.9 Å². The van der Waals surface area contributed by atoms with Crippen molar-refractivity contribution in [3.63, 3.8) is 0 Å². The fraction of sp³-hybridized carbons (Fsp3) is 0.875. The van der Waals surface area contributed by atoms with Gasteiger partial charge in [0.05, 0.1) is 17.7 Å². The van der Waals surface area contributed by atoms with E-state index in [1.807, 2.05) is 0 Å². The standard InChI is InChI=1S/C8H18N2O2.ClH/c1-7(2,5-11)10-6(12)8(3,4)9;/h11H,5,9H2,1-4H3,(H,10,12);1H. The van der Waals surface area contributed by atoms with E-state index in [9.17, 15) is 4.79 Å². The quantitative estimate of drug-likeness (QED) is 0.616. The van der Waals surface area contributed by atoms with Gasteiger partial charge in [-0.1, -0.05) is 0 Å². The maximum atomic E-state index is 11.3. The summed E-state index contributed by atoms with van der Waals surface area (Å²) in [5.74, 6) is -0.262. The Morgan fingerprint density at radius 2 is 1.77 bits per heavy atom. The fourth-order valence-electron chi connectivity index (χ4n) is 0.508. The van der Waals surface area contributed by atoms with Crippen LogP contribution in [-0.4, -0.2) is 28.7 Å². The van der Waals surface area contributed by atoms with Crippen molar-refractivity contribution in [3.8, 4) is 0 Å². The summed E-state index contributed by atoms with van der Waals surface area (Å²) in [6, 6.07) is 0. The molecule has 0 rings (SSSR count). The van der Waals surface area contributed by atoms with Gasteiger partial charge in [-0.15, -0.1) is 12.4 Å². The molecule has 0 unspecified atom stereocenters. The number of hydrogen-bond acceptors (Lipinski definition) is 3. The lowest BCUT2D eigenvalue weighted by Gasteiger charge is -2.28. The number of carbonyl (C=O) groups is 1. The first-order valence-corrected chi connectivity index (χ1v) is 3.91. The normalized spacial score (nSPS) is 11.8. The molecule has 4 N–H and O–H groups in total. The summed E-state index contributed by atoms with van der Waals surface area (Å²) in [5, 5.41) is 11.5. The molecule has 0 radical (unpaired) electrons. The van der Waals surface area contributed by atoms with Gasteiger partial charge in [0.25, 0.3) is 0 Å². The number of hydrogen-bond donors (Lipinski definition) is 3. The van der Waals surface area contributed by atoms with Crippen LogP contribution in [0.25, 0.3) is 0 Å². The van der Waals surface area contributed by atoms with Gasteiger partial charge in [-0.3, -0.25) is 4.79 Å². The average Bonchev–Trinajstić information content (AvgIpc) is 1.85. The molecule has 0 aliphatic carbocycles. The molecule has 80 valence electrons. The SMILES string of the molecule is CC(C)(CO)NC(=O)C(C)(C)N.Cl. The molecular formula is C8H19ClN2O2. The minimum absolute atomic E-state index is 0. The molecular weight excluding hydrogens is 192 g/mol. The van der Waals surface area contributed by atoms with Gasteiger partial charge in [-0.25, -0.2) is 0 Å². The van der Waals surface area contributed by atoms with Gasteiger partial charge in [-0.05, 0) is 27.7 Å². The first-order valence-electron chi connectivity index (χ1n) is 3.91. The lowest BCUT2D eigenvalue weighted by molar-refractivity contribution is -0.127. The first kappa shape index (κ1) is 15.2. The highest BCUT2D eigenvalue weighted by atomic mass is 35.5. The number of aliphatic hydroxyl groups is 1. The highest BCUT2D eigenvalue weighted by Crippen LogP contribution is 2.04. The Morgan fingerprint density at radius 3 is 2.00 bits per heavy atom. The number of carbonyl (C=O) groups excluding carboxylic acids is 1. The molecule has 4 nitrogen and oxygen atoms in total. The summed E-state index contributed by atoms with van der Waals surface area (Å²) in [4.78, 5) is 11.3. The van der Waals surface area contributed by atoms with E-state index in [0.717, 1.165) is 0 Å². The molecule has 0 saturated heterocycles. The monoisotopic (exact) mass is 210 g/mol. The minimum atomic E-state index is -0.896. The van der Waals surface area contributed by atoms with Gasteiger partial charge in [0.15, 0.2) is 0 Å². The third-order valence-electron chi connectivity index (χ3n) is 1.43. The van der Waals surface area contributed by atoms with Crippen LogP contribution in [0, 0.1) is 0 Å². The summed E-state index contributed by atoms with van der Waals surface area (Å²) in [5.41, 5.74) is 4.05. The number of aliphatic hydroxyl groups excluding tert-OH is 1. The summed E-state index contributed by atoms with van der Waals surface area (Å²) in [6.07, 6.45) is 0. The Kier molecular flexibility index (Phi) is 5.59. The largest absolute Gasteiger partial charge is 0.394 e. The van der Waals surface area contributed by atoms with E-state index in [4.69, 9.17) is 10.8 Å². The van der Waals surface area contributed by atoms with Crippen molar-refractivity contribution in [1.82, 2.24) is 5.32 Å². The molecule has 0 aliphatic rings. The van der Waals surface area contributed by atoms with Crippen LogP contribution in [0.2, 0.25) is 0 Å². The van der Waals surface area contributed by atoms with Crippen molar-refractivity contribution in [3.05, 3.63) is 0 Å². The second kappa shape index (κ2) is 4.79. The Balaban J connectivity index is 0. The maximum Gasteiger partial charge on any atom is 0.239 e. The number of amides is 1. The molecule has 0 fully saturated rings. The van der Waals surface area contributed by atoms with E-state index in [1.165, 1.54) is 0 Å². The number of nitrogens with two attached hydrogens (primary N) is 1. The van der Waals surface area contributed by atoms with Crippen LogP contribution in [0.4, 0.5) is 0 Å². The van der Waals surface area contributed by atoms with Gasteiger partial charge in [0, 0.05) is 0 Å². The van der Waals surface area contributed by atoms with E-state index >= 15 is 0 Å². The van der Waals surface area contributed by atoms with E-state index in [0.29, 0.717) is 0 Å². The highest BCUT2D eigenvalue weighted by molar-refractivity contribution is 5.85. The maximum absolute atomic E-state index is 11.3. The van der Waals surface area contributed by atoms with Crippen LogP contribution < -0.4 is 11.1 Å². The first-order chi connectivity index (χ1) is 5.19. The zero-order valence-corrected chi connectivity index (χ0v) is 9.36. The summed E-state index contributed by atoms with van der Waals surface area (Å²) >= 11 is 0. The zero-order chi connectivity index (χ0) is 9.99. The summed E-state index contributed by atoms with van der Waals surface area (Å²) in [7, 11) is 0. The van der Waals surface area contributed by atoms with Crippen molar-refractivity contribution in [1.29, 1.82) is 0 Å².